The molecule has 0 aromatic heterocycles. The van der Waals surface area contributed by atoms with Gasteiger partial charge in [0.1, 0.15) is 9.84 Å². The second kappa shape index (κ2) is 5.52. The highest BCUT2D eigenvalue weighted by molar-refractivity contribution is 8.14. The first-order valence-electron chi connectivity index (χ1n) is 7.66. The lowest BCUT2D eigenvalue weighted by atomic mass is 9.78. The zero-order valence-electron chi connectivity index (χ0n) is 12.1. The first-order valence-corrected chi connectivity index (χ1v) is 10.5. The van der Waals surface area contributed by atoms with Crippen LogP contribution < -0.4 is 5.32 Å². The summed E-state index contributed by atoms with van der Waals surface area (Å²) in [5, 5.41) is 4.72. The Labute approximate surface area is 126 Å². The van der Waals surface area contributed by atoms with E-state index in [2.05, 4.69) is 12.2 Å². The molecule has 2 saturated heterocycles. The number of hydrogen-bond donors (Lipinski definition) is 1. The van der Waals surface area contributed by atoms with Gasteiger partial charge in [-0.1, -0.05) is 18.7 Å². The Bertz CT molecular complexity index is 479. The molecule has 0 radical (unpaired) electrons. The molecule has 0 unspecified atom stereocenters. The average Bonchev–Trinajstić information content (AvgIpc) is 2.79. The van der Waals surface area contributed by atoms with Crippen LogP contribution in [-0.2, 0) is 9.84 Å². The third-order valence-corrected chi connectivity index (χ3v) is 7.81. The van der Waals surface area contributed by atoms with Crippen molar-refractivity contribution in [3.8, 4) is 0 Å². The maximum absolute atomic E-state index is 11.4. The fourth-order valence-electron chi connectivity index (χ4n) is 3.33. The maximum atomic E-state index is 11.4. The van der Waals surface area contributed by atoms with Crippen molar-refractivity contribution < 1.29 is 8.42 Å². The van der Waals surface area contributed by atoms with Crippen LogP contribution in [0.4, 0.5) is 0 Å². The van der Waals surface area contributed by atoms with Gasteiger partial charge >= 0.3 is 0 Å². The Kier molecular flexibility index (Phi) is 4.06. The molecule has 0 aromatic carbocycles. The predicted octanol–water partition coefficient (Wildman–Crippen LogP) is 2.20. The number of nitrogens with zero attached hydrogens (tertiary/aromatic N) is 1. The van der Waals surface area contributed by atoms with Crippen LogP contribution in [0, 0.1) is 5.92 Å². The summed E-state index contributed by atoms with van der Waals surface area (Å²) < 4.78 is 22.9. The Morgan fingerprint density at radius 3 is 2.50 bits per heavy atom. The Balaban J connectivity index is 1.58. The number of aliphatic imine (C=N–C) groups is 1. The monoisotopic (exact) mass is 316 g/mol. The van der Waals surface area contributed by atoms with Gasteiger partial charge in [-0.15, -0.1) is 0 Å². The van der Waals surface area contributed by atoms with Crippen LogP contribution in [0.5, 0.6) is 0 Å². The lowest BCUT2D eigenvalue weighted by Gasteiger charge is -2.35. The van der Waals surface area contributed by atoms with Gasteiger partial charge in [-0.25, -0.2) is 8.42 Å². The summed E-state index contributed by atoms with van der Waals surface area (Å²) in [5.74, 6) is 2.60. The van der Waals surface area contributed by atoms with Gasteiger partial charge in [-0.3, -0.25) is 4.99 Å². The van der Waals surface area contributed by atoms with Gasteiger partial charge in [-0.05, 0) is 44.4 Å². The Morgan fingerprint density at radius 1 is 1.20 bits per heavy atom. The molecule has 0 aromatic rings. The van der Waals surface area contributed by atoms with Gasteiger partial charge in [0.25, 0.3) is 0 Å². The number of thioether (sulfide) groups is 1. The molecule has 0 bridgehead atoms. The standard InChI is InChI=1S/C14H24N2O2S2/c1-11-2-6-14(7-3-11)10-19-13(16-14)15-12-4-8-20(17,18)9-5-12/h11-12H,2-10H2,1H3,(H,15,16). The zero-order valence-corrected chi connectivity index (χ0v) is 13.7. The van der Waals surface area contributed by atoms with Crippen molar-refractivity contribution in [2.45, 2.75) is 57.0 Å². The number of hydrogen-bond acceptors (Lipinski definition) is 4. The van der Waals surface area contributed by atoms with E-state index in [-0.39, 0.29) is 11.6 Å². The maximum Gasteiger partial charge on any atom is 0.157 e. The van der Waals surface area contributed by atoms with Crippen molar-refractivity contribution in [2.24, 2.45) is 10.9 Å². The molecule has 1 N–H and O–H groups in total. The van der Waals surface area contributed by atoms with Gasteiger partial charge in [0, 0.05) is 11.3 Å². The summed E-state index contributed by atoms with van der Waals surface area (Å²) in [6.07, 6.45) is 6.50. The Hall–Kier alpha value is -0.230. The summed E-state index contributed by atoms with van der Waals surface area (Å²) in [6.45, 7) is 2.34. The van der Waals surface area contributed by atoms with Crippen molar-refractivity contribution in [3.63, 3.8) is 0 Å². The van der Waals surface area contributed by atoms with Gasteiger partial charge in [0.05, 0.1) is 17.5 Å². The molecule has 2 heterocycles. The molecule has 3 aliphatic rings. The Morgan fingerprint density at radius 2 is 1.85 bits per heavy atom. The summed E-state index contributed by atoms with van der Waals surface area (Å²) in [6, 6.07) is 0.200. The molecule has 1 saturated carbocycles. The molecule has 3 rings (SSSR count). The summed E-state index contributed by atoms with van der Waals surface area (Å²) >= 11 is 1.83. The molecular formula is C14H24N2O2S2. The number of sulfone groups is 1. The molecular weight excluding hydrogens is 292 g/mol. The summed E-state index contributed by atoms with van der Waals surface area (Å²) in [5.41, 5.74) is 0.275. The first-order chi connectivity index (χ1) is 9.46. The van der Waals surface area contributed by atoms with Crippen LogP contribution in [0.2, 0.25) is 0 Å². The molecule has 4 nitrogen and oxygen atoms in total. The van der Waals surface area contributed by atoms with Gasteiger partial charge in [0.2, 0.25) is 0 Å². The van der Waals surface area contributed by atoms with E-state index in [1.54, 1.807) is 0 Å². The van der Waals surface area contributed by atoms with Crippen LogP contribution in [0.1, 0.15) is 45.4 Å². The van der Waals surface area contributed by atoms with E-state index in [9.17, 15) is 8.42 Å². The highest BCUT2D eigenvalue weighted by Gasteiger charge is 2.40. The number of amidine groups is 1. The highest BCUT2D eigenvalue weighted by Crippen LogP contribution is 2.38. The molecule has 1 aliphatic carbocycles. The predicted molar refractivity (Wildman–Crippen MR) is 85.1 cm³/mol. The van der Waals surface area contributed by atoms with Crippen molar-refractivity contribution in [2.75, 3.05) is 17.3 Å². The van der Waals surface area contributed by atoms with Gasteiger partial charge < -0.3 is 5.32 Å². The van der Waals surface area contributed by atoms with E-state index in [1.165, 1.54) is 25.7 Å². The smallest absolute Gasteiger partial charge is 0.157 e. The fraction of sp³-hybridized carbons (Fsp3) is 0.929. The zero-order chi connectivity index (χ0) is 14.2. The van der Waals surface area contributed by atoms with Crippen molar-refractivity contribution in [3.05, 3.63) is 0 Å². The molecule has 2 aliphatic heterocycles. The fourth-order valence-corrected chi connectivity index (χ4v) is 6.08. The first kappa shape index (κ1) is 14.7. The second-order valence-electron chi connectivity index (χ2n) is 6.69. The van der Waals surface area contributed by atoms with Crippen LogP contribution in [0.3, 0.4) is 0 Å². The van der Waals surface area contributed by atoms with Crippen LogP contribution >= 0.6 is 11.8 Å². The van der Waals surface area contributed by atoms with Gasteiger partial charge in [0.15, 0.2) is 5.17 Å². The quantitative estimate of drug-likeness (QED) is 0.806. The lowest BCUT2D eigenvalue weighted by Crippen LogP contribution is -2.46. The molecule has 0 amide bonds. The van der Waals surface area contributed by atoms with E-state index in [0.717, 1.165) is 16.8 Å². The molecule has 20 heavy (non-hydrogen) atoms. The minimum absolute atomic E-state index is 0.200. The molecule has 1 spiro atoms. The average molecular weight is 316 g/mol. The lowest BCUT2D eigenvalue weighted by molar-refractivity contribution is 0.250. The molecule has 6 heteroatoms. The van der Waals surface area contributed by atoms with Crippen molar-refractivity contribution >= 4 is 26.8 Å². The molecule has 0 atom stereocenters. The second-order valence-corrected chi connectivity index (χ2v) is 9.96. The van der Waals surface area contributed by atoms with Gasteiger partial charge in [-0.2, -0.15) is 0 Å². The van der Waals surface area contributed by atoms with E-state index in [1.807, 2.05) is 11.8 Å². The van der Waals surface area contributed by atoms with Crippen molar-refractivity contribution in [1.29, 1.82) is 0 Å². The normalized spacial score (nSPS) is 35.2. The van der Waals surface area contributed by atoms with E-state index in [0.29, 0.717) is 24.3 Å². The number of rotatable bonds is 1. The highest BCUT2D eigenvalue weighted by atomic mass is 32.2. The minimum Gasteiger partial charge on any atom is -0.359 e. The van der Waals surface area contributed by atoms with E-state index >= 15 is 0 Å². The van der Waals surface area contributed by atoms with E-state index < -0.39 is 9.84 Å². The molecule has 114 valence electrons. The third kappa shape index (κ3) is 3.32. The summed E-state index contributed by atoms with van der Waals surface area (Å²) in [7, 11) is -2.78. The molecule has 3 fully saturated rings. The summed E-state index contributed by atoms with van der Waals surface area (Å²) in [4.78, 5) is 4.77. The third-order valence-electron chi connectivity index (χ3n) is 4.91. The van der Waals surface area contributed by atoms with Crippen molar-refractivity contribution in [1.82, 2.24) is 5.32 Å². The minimum atomic E-state index is -2.78. The number of nitrogens with one attached hydrogen (secondary N) is 1. The SMILES string of the molecule is CC1CCC2(CC1)CSC(=NC1CCS(=O)(=O)CC1)N2. The largest absolute Gasteiger partial charge is 0.359 e. The van der Waals surface area contributed by atoms with Crippen LogP contribution in [0.15, 0.2) is 4.99 Å². The van der Waals surface area contributed by atoms with Crippen LogP contribution in [0.25, 0.3) is 0 Å². The topological polar surface area (TPSA) is 58.5 Å². The van der Waals surface area contributed by atoms with Crippen LogP contribution in [-0.4, -0.2) is 42.4 Å². The van der Waals surface area contributed by atoms with E-state index in [4.69, 9.17) is 4.99 Å².